The van der Waals surface area contributed by atoms with Crippen molar-refractivity contribution in [3.8, 4) is 11.5 Å². The number of piperazine rings is 1. The van der Waals surface area contributed by atoms with Crippen molar-refractivity contribution in [3.05, 3.63) is 53.9 Å². The molecular weight excluding hydrogens is 370 g/mol. The Balaban J connectivity index is 1.14. The van der Waals surface area contributed by atoms with Crippen LogP contribution in [0.25, 0.3) is 0 Å². The summed E-state index contributed by atoms with van der Waals surface area (Å²) in [7, 11) is 0. The van der Waals surface area contributed by atoms with E-state index in [0.29, 0.717) is 13.2 Å². The number of pyridine rings is 1. The molecule has 8 nitrogen and oxygen atoms in total. The molecule has 0 bridgehead atoms. The SMILES string of the molecule is O=C(CCN1CCN(Cc2ccc3c(c2)OCO3)CC1)N/N=C\c1cccnc1. The first-order valence-corrected chi connectivity index (χ1v) is 9.81. The van der Waals surface area contributed by atoms with E-state index in [9.17, 15) is 4.79 Å². The summed E-state index contributed by atoms with van der Waals surface area (Å²) in [5.41, 5.74) is 4.66. The summed E-state index contributed by atoms with van der Waals surface area (Å²) in [5.74, 6) is 1.58. The minimum Gasteiger partial charge on any atom is -0.454 e. The molecule has 0 saturated carbocycles. The molecular formula is C21H25N5O3. The Labute approximate surface area is 170 Å². The van der Waals surface area contributed by atoms with Gasteiger partial charge in [0.2, 0.25) is 12.7 Å². The second-order valence-corrected chi connectivity index (χ2v) is 7.13. The van der Waals surface area contributed by atoms with Crippen LogP contribution in [0.15, 0.2) is 47.8 Å². The van der Waals surface area contributed by atoms with Gasteiger partial charge in [0.15, 0.2) is 11.5 Å². The predicted molar refractivity (Wildman–Crippen MR) is 109 cm³/mol. The Bertz CT molecular complexity index is 851. The molecule has 0 radical (unpaired) electrons. The monoisotopic (exact) mass is 395 g/mol. The van der Waals surface area contributed by atoms with Gasteiger partial charge in [0, 0.05) is 63.6 Å². The smallest absolute Gasteiger partial charge is 0.241 e. The number of carbonyl (C=O) groups excluding carboxylic acids is 1. The Morgan fingerprint density at radius 3 is 2.79 bits per heavy atom. The number of benzene rings is 1. The zero-order chi connectivity index (χ0) is 19.9. The zero-order valence-corrected chi connectivity index (χ0v) is 16.3. The van der Waals surface area contributed by atoms with Crippen LogP contribution in [-0.4, -0.2) is 66.4 Å². The van der Waals surface area contributed by atoms with E-state index in [4.69, 9.17) is 9.47 Å². The number of hydrogen-bond donors (Lipinski definition) is 1. The van der Waals surface area contributed by atoms with E-state index in [0.717, 1.165) is 56.3 Å². The van der Waals surface area contributed by atoms with Gasteiger partial charge in [-0.3, -0.25) is 14.7 Å². The van der Waals surface area contributed by atoms with Crippen LogP contribution in [0.1, 0.15) is 17.5 Å². The molecule has 3 heterocycles. The van der Waals surface area contributed by atoms with Crippen LogP contribution in [0, 0.1) is 0 Å². The number of hydrogen-bond acceptors (Lipinski definition) is 7. The Morgan fingerprint density at radius 2 is 1.97 bits per heavy atom. The third-order valence-corrected chi connectivity index (χ3v) is 5.05. The molecule has 8 heteroatoms. The van der Waals surface area contributed by atoms with Gasteiger partial charge in [-0.25, -0.2) is 5.43 Å². The molecule has 152 valence electrons. The maximum Gasteiger partial charge on any atom is 0.241 e. The Hall–Kier alpha value is -2.97. The average molecular weight is 395 g/mol. The summed E-state index contributed by atoms with van der Waals surface area (Å²) in [6, 6.07) is 9.84. The lowest BCUT2D eigenvalue weighted by Gasteiger charge is -2.34. The van der Waals surface area contributed by atoms with Gasteiger partial charge in [-0.1, -0.05) is 12.1 Å². The topological polar surface area (TPSA) is 79.3 Å². The molecule has 2 aliphatic rings. The van der Waals surface area contributed by atoms with Gasteiger partial charge in [-0.2, -0.15) is 5.10 Å². The van der Waals surface area contributed by atoms with Crippen molar-refractivity contribution >= 4 is 12.1 Å². The molecule has 1 aromatic heterocycles. The standard InChI is InChI=1S/C21H25N5O3/c27-21(24-23-14-18-2-1-6-22-13-18)5-7-25-8-10-26(11-9-25)15-17-3-4-19-20(12-17)29-16-28-19/h1-4,6,12-14H,5,7-11,15-16H2,(H,24,27)/b23-14-. The van der Waals surface area contributed by atoms with Crippen LogP contribution in [0.3, 0.4) is 0 Å². The third-order valence-electron chi connectivity index (χ3n) is 5.05. The molecule has 4 rings (SSSR count). The number of aromatic nitrogens is 1. The normalized spacial score (nSPS) is 17.0. The quantitative estimate of drug-likeness (QED) is 0.565. The Kier molecular flexibility index (Phi) is 6.33. The fourth-order valence-electron chi connectivity index (χ4n) is 3.42. The van der Waals surface area contributed by atoms with E-state index in [-0.39, 0.29) is 5.91 Å². The predicted octanol–water partition coefficient (Wildman–Crippen LogP) is 1.47. The molecule has 2 aromatic rings. The number of carbonyl (C=O) groups is 1. The summed E-state index contributed by atoms with van der Waals surface area (Å²) in [4.78, 5) is 20.7. The summed E-state index contributed by atoms with van der Waals surface area (Å²) in [6.45, 7) is 5.82. The van der Waals surface area contributed by atoms with Crippen LogP contribution in [0.5, 0.6) is 11.5 Å². The molecule has 1 saturated heterocycles. The van der Waals surface area contributed by atoms with Crippen LogP contribution < -0.4 is 14.9 Å². The largest absolute Gasteiger partial charge is 0.454 e. The van der Waals surface area contributed by atoms with Gasteiger partial charge in [0.25, 0.3) is 0 Å². The highest BCUT2D eigenvalue weighted by Gasteiger charge is 2.19. The lowest BCUT2D eigenvalue weighted by Crippen LogP contribution is -2.46. The van der Waals surface area contributed by atoms with E-state index in [1.54, 1.807) is 18.6 Å². The van der Waals surface area contributed by atoms with Crippen LogP contribution >= 0.6 is 0 Å². The number of rotatable bonds is 7. The highest BCUT2D eigenvalue weighted by atomic mass is 16.7. The van der Waals surface area contributed by atoms with Crippen molar-refractivity contribution < 1.29 is 14.3 Å². The van der Waals surface area contributed by atoms with Crippen molar-refractivity contribution in [3.63, 3.8) is 0 Å². The lowest BCUT2D eigenvalue weighted by molar-refractivity contribution is -0.121. The molecule has 1 aromatic carbocycles. The number of ether oxygens (including phenoxy) is 2. The van der Waals surface area contributed by atoms with Gasteiger partial charge in [-0.15, -0.1) is 0 Å². The Morgan fingerprint density at radius 1 is 1.14 bits per heavy atom. The van der Waals surface area contributed by atoms with Crippen molar-refractivity contribution in [1.82, 2.24) is 20.2 Å². The van der Waals surface area contributed by atoms with Crippen LogP contribution in [0.4, 0.5) is 0 Å². The highest BCUT2D eigenvalue weighted by molar-refractivity contribution is 5.82. The summed E-state index contributed by atoms with van der Waals surface area (Å²) in [5, 5.41) is 3.98. The molecule has 1 amide bonds. The second-order valence-electron chi connectivity index (χ2n) is 7.13. The van der Waals surface area contributed by atoms with E-state index >= 15 is 0 Å². The fourth-order valence-corrected chi connectivity index (χ4v) is 3.42. The first-order valence-electron chi connectivity index (χ1n) is 9.81. The summed E-state index contributed by atoms with van der Waals surface area (Å²) >= 11 is 0. The molecule has 0 unspecified atom stereocenters. The minimum absolute atomic E-state index is 0.0760. The van der Waals surface area contributed by atoms with E-state index in [2.05, 4.69) is 37.4 Å². The molecule has 0 atom stereocenters. The van der Waals surface area contributed by atoms with Crippen molar-refractivity contribution in [1.29, 1.82) is 0 Å². The number of nitrogens with zero attached hydrogens (tertiary/aromatic N) is 4. The van der Waals surface area contributed by atoms with E-state index in [1.165, 1.54) is 5.56 Å². The van der Waals surface area contributed by atoms with Crippen LogP contribution in [0.2, 0.25) is 0 Å². The first kappa shape index (κ1) is 19.4. The number of nitrogens with one attached hydrogen (secondary N) is 1. The van der Waals surface area contributed by atoms with Gasteiger partial charge in [0.1, 0.15) is 0 Å². The average Bonchev–Trinajstić information content (AvgIpc) is 3.22. The maximum atomic E-state index is 12.0. The molecule has 0 aliphatic carbocycles. The van der Waals surface area contributed by atoms with Crippen molar-refractivity contribution in [2.45, 2.75) is 13.0 Å². The summed E-state index contributed by atoms with van der Waals surface area (Å²) in [6.07, 6.45) is 5.43. The molecule has 1 N–H and O–H groups in total. The minimum atomic E-state index is -0.0760. The summed E-state index contributed by atoms with van der Waals surface area (Å²) < 4.78 is 10.8. The van der Waals surface area contributed by atoms with E-state index < -0.39 is 0 Å². The fraction of sp³-hybridized carbons (Fsp3) is 0.381. The molecule has 2 aliphatic heterocycles. The number of amides is 1. The molecule has 0 spiro atoms. The molecule has 1 fully saturated rings. The van der Waals surface area contributed by atoms with Crippen molar-refractivity contribution in [2.24, 2.45) is 5.10 Å². The second kappa shape index (κ2) is 9.49. The zero-order valence-electron chi connectivity index (χ0n) is 16.3. The highest BCUT2D eigenvalue weighted by Crippen LogP contribution is 2.32. The van der Waals surface area contributed by atoms with Gasteiger partial charge in [0.05, 0.1) is 6.21 Å². The maximum absolute atomic E-state index is 12.0. The van der Waals surface area contributed by atoms with Crippen LogP contribution in [-0.2, 0) is 11.3 Å². The lowest BCUT2D eigenvalue weighted by atomic mass is 10.1. The van der Waals surface area contributed by atoms with Gasteiger partial charge < -0.3 is 14.4 Å². The van der Waals surface area contributed by atoms with Gasteiger partial charge in [-0.05, 0) is 23.8 Å². The molecule has 29 heavy (non-hydrogen) atoms. The first-order chi connectivity index (χ1) is 14.3. The van der Waals surface area contributed by atoms with Gasteiger partial charge >= 0.3 is 0 Å². The van der Waals surface area contributed by atoms with E-state index in [1.807, 2.05) is 18.2 Å². The third kappa shape index (κ3) is 5.52. The number of hydrazone groups is 1. The van der Waals surface area contributed by atoms with Crippen molar-refractivity contribution in [2.75, 3.05) is 39.5 Å². The number of fused-ring (bicyclic) bond motifs is 1.